The van der Waals surface area contributed by atoms with Crippen molar-refractivity contribution < 1.29 is 9.90 Å². The molecule has 6 nitrogen and oxygen atoms in total. The van der Waals surface area contributed by atoms with E-state index in [0.29, 0.717) is 11.6 Å². The quantitative estimate of drug-likeness (QED) is 0.570. The average Bonchev–Trinajstić information content (AvgIpc) is 3.18. The number of aliphatic hydroxyl groups excluding tert-OH is 1. The molecule has 2 aromatic carbocycles. The third-order valence-electron chi connectivity index (χ3n) is 4.56. The van der Waals surface area contributed by atoms with Gasteiger partial charge in [-0.25, -0.2) is 4.79 Å². The third-order valence-corrected chi connectivity index (χ3v) is 5.72. The van der Waals surface area contributed by atoms with Gasteiger partial charge in [0.05, 0.1) is 12.6 Å². The van der Waals surface area contributed by atoms with Gasteiger partial charge in [-0.3, -0.25) is 5.32 Å². The number of amides is 2. The average molecular weight is 397 g/mol. The Kier molecular flexibility index (Phi) is 6.38. The molecule has 7 heteroatoms. The van der Waals surface area contributed by atoms with E-state index in [2.05, 4.69) is 46.8 Å². The summed E-state index contributed by atoms with van der Waals surface area (Å²) in [6.07, 6.45) is 0.549. The Balaban J connectivity index is 1.62. The van der Waals surface area contributed by atoms with Gasteiger partial charge in [0.2, 0.25) is 5.13 Å². The van der Waals surface area contributed by atoms with E-state index in [1.807, 2.05) is 48.5 Å². The molecule has 3 rings (SSSR count). The normalized spacial score (nSPS) is 12.4. The molecule has 3 N–H and O–H groups in total. The fourth-order valence-electron chi connectivity index (χ4n) is 2.88. The monoisotopic (exact) mass is 396 g/mol. The molecule has 1 atom stereocenters. The first-order chi connectivity index (χ1) is 13.5. The van der Waals surface area contributed by atoms with Crippen LogP contribution in [0.4, 0.5) is 9.93 Å². The topological polar surface area (TPSA) is 87.1 Å². The first kappa shape index (κ1) is 20.0. The lowest BCUT2D eigenvalue weighted by Gasteiger charge is -2.21. The van der Waals surface area contributed by atoms with Crippen LogP contribution in [-0.2, 0) is 11.8 Å². The fourth-order valence-corrected chi connectivity index (χ4v) is 3.75. The zero-order chi connectivity index (χ0) is 20.0. The minimum Gasteiger partial charge on any atom is -0.394 e. The zero-order valence-corrected chi connectivity index (χ0v) is 16.7. The number of urea groups is 1. The largest absolute Gasteiger partial charge is 0.394 e. The Bertz CT molecular complexity index is 897. The molecule has 0 saturated heterocycles. The van der Waals surface area contributed by atoms with Crippen LogP contribution in [0.15, 0.2) is 60.7 Å². The Labute approximate surface area is 168 Å². The number of aliphatic hydroxyl groups is 1. The lowest BCUT2D eigenvalue weighted by atomic mass is 9.85. The summed E-state index contributed by atoms with van der Waals surface area (Å²) in [4.78, 5) is 12.3. The number of hydrogen-bond donors (Lipinski definition) is 3. The lowest BCUT2D eigenvalue weighted by molar-refractivity contribution is 0.224. The van der Waals surface area contributed by atoms with Crippen LogP contribution >= 0.6 is 11.3 Å². The van der Waals surface area contributed by atoms with Crippen molar-refractivity contribution in [2.24, 2.45) is 0 Å². The maximum atomic E-state index is 12.3. The van der Waals surface area contributed by atoms with Crippen LogP contribution in [0.25, 0.3) is 0 Å². The third kappa shape index (κ3) is 4.94. The van der Waals surface area contributed by atoms with Gasteiger partial charge in [0, 0.05) is 5.41 Å². The Morgan fingerprint density at radius 2 is 1.71 bits per heavy atom. The summed E-state index contributed by atoms with van der Waals surface area (Å²) < 4.78 is 0. The van der Waals surface area contributed by atoms with Crippen LogP contribution in [0.1, 0.15) is 30.0 Å². The number of carbonyl (C=O) groups excluding carboxylic acids is 1. The highest BCUT2D eigenvalue weighted by Crippen LogP contribution is 2.34. The number of nitrogens with one attached hydrogen (secondary N) is 2. The van der Waals surface area contributed by atoms with Gasteiger partial charge >= 0.3 is 6.03 Å². The summed E-state index contributed by atoms with van der Waals surface area (Å²) in [5, 5.41) is 24.7. The van der Waals surface area contributed by atoms with Gasteiger partial charge in [-0.1, -0.05) is 72.0 Å². The molecule has 28 heavy (non-hydrogen) atoms. The van der Waals surface area contributed by atoms with E-state index >= 15 is 0 Å². The molecule has 0 saturated carbocycles. The number of benzene rings is 2. The second-order valence-corrected chi connectivity index (χ2v) is 8.05. The Morgan fingerprint density at radius 3 is 2.36 bits per heavy atom. The van der Waals surface area contributed by atoms with Crippen molar-refractivity contribution in [3.63, 3.8) is 0 Å². The van der Waals surface area contributed by atoms with Gasteiger partial charge < -0.3 is 10.4 Å². The maximum absolute atomic E-state index is 12.3. The zero-order valence-electron chi connectivity index (χ0n) is 15.9. The van der Waals surface area contributed by atoms with Crippen molar-refractivity contribution in [3.8, 4) is 0 Å². The molecule has 0 aliphatic heterocycles. The van der Waals surface area contributed by atoms with Crippen molar-refractivity contribution >= 4 is 22.5 Å². The van der Waals surface area contributed by atoms with Crippen molar-refractivity contribution in [1.82, 2.24) is 15.5 Å². The Hall–Kier alpha value is -2.77. The van der Waals surface area contributed by atoms with E-state index in [9.17, 15) is 9.90 Å². The molecule has 0 aliphatic rings. The number of anilines is 1. The van der Waals surface area contributed by atoms with Crippen LogP contribution in [0, 0.1) is 0 Å². The van der Waals surface area contributed by atoms with Gasteiger partial charge in [0.25, 0.3) is 0 Å². The minimum atomic E-state index is -0.407. The first-order valence-corrected chi connectivity index (χ1v) is 9.92. The van der Waals surface area contributed by atoms with Crippen LogP contribution in [-0.4, -0.2) is 34.0 Å². The van der Waals surface area contributed by atoms with Crippen LogP contribution in [0.2, 0.25) is 0 Å². The Morgan fingerprint density at radius 1 is 1.07 bits per heavy atom. The van der Waals surface area contributed by atoms with Gasteiger partial charge in [-0.05, 0) is 31.4 Å². The van der Waals surface area contributed by atoms with E-state index in [1.165, 1.54) is 11.3 Å². The highest BCUT2D eigenvalue weighted by molar-refractivity contribution is 7.15. The molecule has 0 bridgehead atoms. The molecule has 0 aliphatic carbocycles. The van der Waals surface area contributed by atoms with Crippen molar-refractivity contribution in [1.29, 1.82) is 0 Å². The predicted octanol–water partition coefficient (Wildman–Crippen LogP) is 3.59. The van der Waals surface area contributed by atoms with E-state index in [4.69, 9.17) is 0 Å². The highest BCUT2D eigenvalue weighted by Gasteiger charge is 2.27. The summed E-state index contributed by atoms with van der Waals surface area (Å²) in [5.41, 5.74) is 1.87. The molecule has 0 spiro atoms. The maximum Gasteiger partial charge on any atom is 0.321 e. The first-order valence-electron chi connectivity index (χ1n) is 9.11. The van der Waals surface area contributed by atoms with Crippen molar-refractivity contribution in [2.75, 3.05) is 11.9 Å². The van der Waals surface area contributed by atoms with E-state index in [0.717, 1.165) is 16.1 Å². The van der Waals surface area contributed by atoms with Crippen LogP contribution in [0.5, 0.6) is 0 Å². The summed E-state index contributed by atoms with van der Waals surface area (Å²) in [5.74, 6) is 0. The van der Waals surface area contributed by atoms with Crippen molar-refractivity contribution in [2.45, 2.75) is 31.7 Å². The molecular weight excluding hydrogens is 372 g/mol. The molecule has 2 amide bonds. The second kappa shape index (κ2) is 8.95. The number of hydrogen-bond acceptors (Lipinski definition) is 5. The standard InChI is InChI=1S/C21H24N4O2S/c1-21(2,16-11-7-4-8-12-16)18-24-25-20(28-18)23-19(27)22-17(14-26)13-15-9-5-3-6-10-15/h3-12,17,26H,13-14H2,1-2H3,(H2,22,23,25,27). The molecule has 1 aromatic heterocycles. The molecular formula is C21H24N4O2S. The molecule has 3 aromatic rings. The van der Waals surface area contributed by atoms with Crippen LogP contribution < -0.4 is 10.6 Å². The fraction of sp³-hybridized carbons (Fsp3) is 0.286. The molecule has 0 radical (unpaired) electrons. The van der Waals surface area contributed by atoms with E-state index in [-0.39, 0.29) is 18.1 Å². The van der Waals surface area contributed by atoms with Gasteiger partial charge in [0.1, 0.15) is 5.01 Å². The van der Waals surface area contributed by atoms with Crippen LogP contribution in [0.3, 0.4) is 0 Å². The van der Waals surface area contributed by atoms with E-state index in [1.54, 1.807) is 0 Å². The highest BCUT2D eigenvalue weighted by atomic mass is 32.1. The molecule has 1 unspecified atom stereocenters. The van der Waals surface area contributed by atoms with E-state index < -0.39 is 6.03 Å². The summed E-state index contributed by atoms with van der Waals surface area (Å²) >= 11 is 1.34. The predicted molar refractivity (Wildman–Crippen MR) is 112 cm³/mol. The summed E-state index contributed by atoms with van der Waals surface area (Å²) in [6.45, 7) is 4.01. The second-order valence-electron chi connectivity index (χ2n) is 7.07. The van der Waals surface area contributed by atoms with Crippen molar-refractivity contribution in [3.05, 3.63) is 76.8 Å². The molecule has 1 heterocycles. The summed E-state index contributed by atoms with van der Waals surface area (Å²) in [7, 11) is 0. The van der Waals surface area contributed by atoms with Gasteiger partial charge in [-0.2, -0.15) is 0 Å². The molecule has 146 valence electrons. The number of aromatic nitrogens is 2. The SMILES string of the molecule is CC(C)(c1ccccc1)c1nnc(NC(=O)NC(CO)Cc2ccccc2)s1. The van der Waals surface area contributed by atoms with Gasteiger partial charge in [0.15, 0.2) is 0 Å². The smallest absolute Gasteiger partial charge is 0.321 e. The van der Waals surface area contributed by atoms with Gasteiger partial charge in [-0.15, -0.1) is 10.2 Å². The lowest BCUT2D eigenvalue weighted by Crippen LogP contribution is -2.41. The summed E-state index contributed by atoms with van der Waals surface area (Å²) in [6, 6.07) is 19.0. The number of nitrogens with zero attached hydrogens (tertiary/aromatic N) is 2. The molecule has 0 fully saturated rings. The minimum absolute atomic E-state index is 0.148. The number of rotatable bonds is 7. The number of carbonyl (C=O) groups is 1.